The van der Waals surface area contributed by atoms with E-state index in [4.69, 9.17) is 9.47 Å². The van der Waals surface area contributed by atoms with Crippen molar-refractivity contribution in [1.29, 1.82) is 0 Å². The third-order valence-corrected chi connectivity index (χ3v) is 5.93. The van der Waals surface area contributed by atoms with Gasteiger partial charge in [0, 0.05) is 12.2 Å². The highest BCUT2D eigenvalue weighted by molar-refractivity contribution is 7.99. The van der Waals surface area contributed by atoms with Crippen molar-refractivity contribution in [3.8, 4) is 5.75 Å². The van der Waals surface area contributed by atoms with Gasteiger partial charge in [-0.25, -0.2) is 4.79 Å². The minimum atomic E-state index is -0.403. The first-order valence-electron chi connectivity index (χ1n) is 11.4. The quantitative estimate of drug-likeness (QED) is 0.294. The van der Waals surface area contributed by atoms with E-state index in [1.54, 1.807) is 24.3 Å². The molecule has 0 radical (unpaired) electrons. The van der Waals surface area contributed by atoms with Crippen molar-refractivity contribution in [3.05, 3.63) is 65.5 Å². The van der Waals surface area contributed by atoms with Crippen molar-refractivity contribution in [1.82, 2.24) is 14.8 Å². The number of nitrogens with one attached hydrogen (secondary N) is 1. The van der Waals surface area contributed by atoms with Gasteiger partial charge in [-0.05, 0) is 55.7 Å². The number of ether oxygens (including phenoxy) is 2. The van der Waals surface area contributed by atoms with Crippen molar-refractivity contribution in [2.45, 2.75) is 51.9 Å². The summed E-state index contributed by atoms with van der Waals surface area (Å²) in [5.41, 5.74) is 2.19. The van der Waals surface area contributed by atoms with Gasteiger partial charge in [-0.2, -0.15) is 0 Å². The van der Waals surface area contributed by atoms with Crippen molar-refractivity contribution >= 4 is 29.3 Å². The summed E-state index contributed by atoms with van der Waals surface area (Å²) in [7, 11) is 0. The molecule has 9 heteroatoms. The lowest BCUT2D eigenvalue weighted by Crippen LogP contribution is -2.15. The highest BCUT2D eigenvalue weighted by Crippen LogP contribution is 2.20. The number of carbonyl (C=O) groups is 2. The fourth-order valence-electron chi connectivity index (χ4n) is 3.15. The number of aromatic nitrogens is 3. The number of esters is 1. The number of rotatable bonds is 12. The average Bonchev–Trinajstić information content (AvgIpc) is 3.27. The van der Waals surface area contributed by atoms with Gasteiger partial charge in [0.25, 0.3) is 0 Å². The van der Waals surface area contributed by atoms with Crippen LogP contribution in [-0.2, 0) is 29.1 Å². The van der Waals surface area contributed by atoms with E-state index in [0.717, 1.165) is 18.6 Å². The third kappa shape index (κ3) is 7.08. The molecule has 2 aromatic carbocycles. The van der Waals surface area contributed by atoms with E-state index in [0.29, 0.717) is 42.0 Å². The van der Waals surface area contributed by atoms with E-state index in [1.165, 1.54) is 17.3 Å². The molecule has 0 bridgehead atoms. The van der Waals surface area contributed by atoms with E-state index in [9.17, 15) is 9.59 Å². The molecule has 1 amide bonds. The number of carbonyl (C=O) groups excluding carboxylic acids is 2. The van der Waals surface area contributed by atoms with Gasteiger partial charge >= 0.3 is 5.97 Å². The number of anilines is 1. The van der Waals surface area contributed by atoms with Crippen LogP contribution in [0.25, 0.3) is 0 Å². The van der Waals surface area contributed by atoms with Crippen LogP contribution >= 0.6 is 11.8 Å². The van der Waals surface area contributed by atoms with Gasteiger partial charge in [0.05, 0.1) is 17.9 Å². The molecular weight excluding hydrogens is 452 g/mol. The Morgan fingerprint density at radius 3 is 2.56 bits per heavy atom. The molecule has 0 atom stereocenters. The maximum absolute atomic E-state index is 12.5. The fourth-order valence-corrected chi connectivity index (χ4v) is 3.97. The van der Waals surface area contributed by atoms with Crippen LogP contribution < -0.4 is 10.1 Å². The van der Waals surface area contributed by atoms with Gasteiger partial charge in [-0.15, -0.1) is 10.2 Å². The normalized spacial score (nSPS) is 10.7. The Bertz CT molecular complexity index is 1100. The lowest BCUT2D eigenvalue weighted by molar-refractivity contribution is -0.113. The standard InChI is InChI=1S/C25H30N4O4S/c1-4-14-32-24(31)19-8-7-9-20(15-19)26-23(30)17-34-25-28-27-22(29(25)6-3)16-33-21-12-10-18(5-2)11-13-21/h7-13,15H,4-6,14,16-17H2,1-3H3,(H,26,30). The minimum absolute atomic E-state index is 0.155. The van der Waals surface area contributed by atoms with Gasteiger partial charge in [0.15, 0.2) is 11.0 Å². The molecule has 8 nitrogen and oxygen atoms in total. The number of nitrogens with zero attached hydrogens (tertiary/aromatic N) is 3. The second-order valence-electron chi connectivity index (χ2n) is 7.48. The summed E-state index contributed by atoms with van der Waals surface area (Å²) < 4.78 is 12.9. The van der Waals surface area contributed by atoms with Crippen LogP contribution in [0.5, 0.6) is 5.75 Å². The molecule has 1 aromatic heterocycles. The maximum Gasteiger partial charge on any atom is 0.338 e. The highest BCUT2D eigenvalue weighted by atomic mass is 32.2. The van der Waals surface area contributed by atoms with Crippen LogP contribution in [0.1, 0.15) is 48.9 Å². The molecule has 1 N–H and O–H groups in total. The highest BCUT2D eigenvalue weighted by Gasteiger charge is 2.15. The Morgan fingerprint density at radius 2 is 1.85 bits per heavy atom. The van der Waals surface area contributed by atoms with E-state index < -0.39 is 5.97 Å². The SMILES string of the molecule is CCCOC(=O)c1cccc(NC(=O)CSc2nnc(COc3ccc(CC)cc3)n2CC)c1. The van der Waals surface area contributed by atoms with Gasteiger partial charge in [0.2, 0.25) is 5.91 Å². The zero-order valence-corrected chi connectivity index (χ0v) is 20.6. The van der Waals surface area contributed by atoms with Crippen molar-refractivity contribution < 1.29 is 19.1 Å². The molecule has 0 aliphatic heterocycles. The van der Waals surface area contributed by atoms with Gasteiger partial charge < -0.3 is 19.4 Å². The number of hydrogen-bond acceptors (Lipinski definition) is 7. The van der Waals surface area contributed by atoms with Crippen LogP contribution in [0.15, 0.2) is 53.7 Å². The Labute approximate surface area is 204 Å². The van der Waals surface area contributed by atoms with E-state index in [-0.39, 0.29) is 11.7 Å². The number of amides is 1. The van der Waals surface area contributed by atoms with Gasteiger partial charge in [-0.3, -0.25) is 4.79 Å². The zero-order valence-electron chi connectivity index (χ0n) is 19.7. The van der Waals surface area contributed by atoms with Crippen LogP contribution in [0.2, 0.25) is 0 Å². The summed E-state index contributed by atoms with van der Waals surface area (Å²) in [4.78, 5) is 24.5. The molecule has 0 saturated heterocycles. The van der Waals surface area contributed by atoms with Crippen molar-refractivity contribution in [2.75, 3.05) is 17.7 Å². The number of thioether (sulfide) groups is 1. The molecule has 0 unspecified atom stereocenters. The van der Waals surface area contributed by atoms with Crippen LogP contribution in [0.4, 0.5) is 5.69 Å². The molecule has 0 aliphatic carbocycles. The van der Waals surface area contributed by atoms with E-state index in [2.05, 4.69) is 22.4 Å². The molecule has 180 valence electrons. The average molecular weight is 483 g/mol. The first kappa shape index (κ1) is 25.3. The number of hydrogen-bond donors (Lipinski definition) is 1. The van der Waals surface area contributed by atoms with Crippen LogP contribution in [0.3, 0.4) is 0 Å². The molecule has 34 heavy (non-hydrogen) atoms. The second-order valence-corrected chi connectivity index (χ2v) is 8.43. The first-order chi connectivity index (χ1) is 16.5. The lowest BCUT2D eigenvalue weighted by atomic mass is 10.2. The smallest absolute Gasteiger partial charge is 0.338 e. The summed E-state index contributed by atoms with van der Waals surface area (Å²) in [6, 6.07) is 14.7. The van der Waals surface area contributed by atoms with Crippen molar-refractivity contribution in [3.63, 3.8) is 0 Å². The van der Waals surface area contributed by atoms with Gasteiger partial charge in [-0.1, -0.05) is 43.8 Å². The first-order valence-corrected chi connectivity index (χ1v) is 12.4. The van der Waals surface area contributed by atoms with E-state index >= 15 is 0 Å². The van der Waals surface area contributed by atoms with Crippen molar-refractivity contribution in [2.24, 2.45) is 0 Å². The third-order valence-electron chi connectivity index (χ3n) is 4.96. The largest absolute Gasteiger partial charge is 0.486 e. The summed E-state index contributed by atoms with van der Waals surface area (Å²) in [6.07, 6.45) is 1.73. The topological polar surface area (TPSA) is 95.3 Å². The molecule has 1 heterocycles. The summed E-state index contributed by atoms with van der Waals surface area (Å²) in [5.74, 6) is 1.02. The van der Waals surface area contributed by atoms with E-state index in [1.807, 2.05) is 42.7 Å². The monoisotopic (exact) mass is 482 g/mol. The lowest BCUT2D eigenvalue weighted by Gasteiger charge is -2.10. The molecule has 0 saturated carbocycles. The Morgan fingerprint density at radius 1 is 1.06 bits per heavy atom. The van der Waals surface area contributed by atoms with Crippen LogP contribution in [-0.4, -0.2) is 39.0 Å². The number of aryl methyl sites for hydroxylation is 1. The second kappa shape index (κ2) is 12.8. The molecule has 3 aromatic rings. The Hall–Kier alpha value is -3.33. The molecule has 0 aliphatic rings. The summed E-state index contributed by atoms with van der Waals surface area (Å²) in [5, 5.41) is 11.9. The molecular formula is C25H30N4O4S. The molecule has 0 fully saturated rings. The predicted octanol–water partition coefficient (Wildman–Crippen LogP) is 4.74. The minimum Gasteiger partial charge on any atom is -0.486 e. The number of benzene rings is 2. The zero-order chi connectivity index (χ0) is 24.3. The van der Waals surface area contributed by atoms with Gasteiger partial charge in [0.1, 0.15) is 12.4 Å². The maximum atomic E-state index is 12.5. The summed E-state index contributed by atoms with van der Waals surface area (Å²) in [6.45, 7) is 7.35. The molecule has 3 rings (SSSR count). The Kier molecular flexibility index (Phi) is 9.51. The Balaban J connectivity index is 1.54. The fraction of sp³-hybridized carbons (Fsp3) is 0.360. The molecule has 0 spiro atoms. The summed E-state index contributed by atoms with van der Waals surface area (Å²) >= 11 is 1.30. The van der Waals surface area contributed by atoms with Crippen LogP contribution in [0, 0.1) is 0 Å². The predicted molar refractivity (Wildman–Crippen MR) is 132 cm³/mol.